The summed E-state index contributed by atoms with van der Waals surface area (Å²) in [6.07, 6.45) is 4.54. The number of anilines is 1. The van der Waals surface area contributed by atoms with Crippen LogP contribution in [-0.4, -0.2) is 28.7 Å². The van der Waals surface area contributed by atoms with Gasteiger partial charge in [-0.2, -0.15) is 4.37 Å². The lowest BCUT2D eigenvalue weighted by Gasteiger charge is -2.28. The van der Waals surface area contributed by atoms with Crippen LogP contribution in [0.1, 0.15) is 12.8 Å². The van der Waals surface area contributed by atoms with Crippen molar-refractivity contribution in [2.75, 3.05) is 18.0 Å². The maximum atomic E-state index is 10.5. The minimum Gasteiger partial charge on any atom is -0.347 e. The molecule has 0 radical (unpaired) electrons. The van der Waals surface area contributed by atoms with Gasteiger partial charge in [0.2, 0.25) is 5.13 Å². The van der Waals surface area contributed by atoms with Crippen LogP contribution in [0.3, 0.4) is 0 Å². The maximum Gasteiger partial charge on any atom is 0.204 e. The van der Waals surface area contributed by atoms with Gasteiger partial charge in [-0.15, -0.1) is 0 Å². The molecule has 0 atom stereocenters. The van der Waals surface area contributed by atoms with Crippen LogP contribution < -0.4 is 4.90 Å². The molecule has 1 saturated heterocycles. The Balaban J connectivity index is 1.95. The molecule has 1 aliphatic heterocycles. The summed E-state index contributed by atoms with van der Waals surface area (Å²) in [5.74, 6) is 0.254. The second-order valence-electron chi connectivity index (χ2n) is 3.18. The van der Waals surface area contributed by atoms with Crippen LogP contribution in [0, 0.1) is 5.92 Å². The minimum atomic E-state index is 0.254. The van der Waals surface area contributed by atoms with Crippen LogP contribution >= 0.6 is 11.5 Å². The molecular formula is C8H11N3OS. The summed E-state index contributed by atoms with van der Waals surface area (Å²) in [5, 5.41) is 0.976. The van der Waals surface area contributed by atoms with E-state index in [9.17, 15) is 4.79 Å². The first-order chi connectivity index (χ1) is 6.40. The molecular weight excluding hydrogens is 186 g/mol. The molecule has 0 bridgehead atoms. The molecule has 2 heterocycles. The third-order valence-electron chi connectivity index (χ3n) is 2.35. The van der Waals surface area contributed by atoms with E-state index in [4.69, 9.17) is 0 Å². The highest BCUT2D eigenvalue weighted by Gasteiger charge is 2.19. The molecule has 1 aromatic rings. The van der Waals surface area contributed by atoms with Gasteiger partial charge in [0.05, 0.1) is 0 Å². The van der Waals surface area contributed by atoms with Gasteiger partial charge in [0.1, 0.15) is 12.6 Å². The predicted molar refractivity (Wildman–Crippen MR) is 50.9 cm³/mol. The summed E-state index contributed by atoms with van der Waals surface area (Å²) >= 11 is 1.41. The Morgan fingerprint density at radius 2 is 2.31 bits per heavy atom. The van der Waals surface area contributed by atoms with Crippen molar-refractivity contribution in [1.29, 1.82) is 0 Å². The first-order valence-corrected chi connectivity index (χ1v) is 5.14. The molecule has 1 aliphatic rings. The highest BCUT2D eigenvalue weighted by Crippen LogP contribution is 2.22. The number of hydrogen-bond donors (Lipinski definition) is 0. The molecule has 0 amide bonds. The van der Waals surface area contributed by atoms with Gasteiger partial charge in [-0.25, -0.2) is 4.98 Å². The molecule has 2 rings (SSSR count). The van der Waals surface area contributed by atoms with E-state index in [0.717, 1.165) is 37.3 Å². The number of aromatic nitrogens is 2. The topological polar surface area (TPSA) is 46.1 Å². The fourth-order valence-corrected chi connectivity index (χ4v) is 2.11. The van der Waals surface area contributed by atoms with Gasteiger partial charge in [0.15, 0.2) is 0 Å². The van der Waals surface area contributed by atoms with E-state index in [0.29, 0.717) is 0 Å². The first-order valence-electron chi connectivity index (χ1n) is 4.37. The number of carbonyl (C=O) groups is 1. The summed E-state index contributed by atoms with van der Waals surface area (Å²) in [4.78, 5) is 16.8. The van der Waals surface area contributed by atoms with Crippen LogP contribution in [-0.2, 0) is 4.79 Å². The number of piperidine rings is 1. The van der Waals surface area contributed by atoms with Crippen molar-refractivity contribution < 1.29 is 4.79 Å². The zero-order chi connectivity index (χ0) is 9.10. The molecule has 4 nitrogen and oxygen atoms in total. The van der Waals surface area contributed by atoms with E-state index in [1.165, 1.54) is 11.5 Å². The third-order valence-corrected chi connectivity index (χ3v) is 3.08. The number of rotatable bonds is 2. The molecule has 13 heavy (non-hydrogen) atoms. The average Bonchev–Trinajstić information content (AvgIpc) is 2.71. The molecule has 0 aromatic carbocycles. The Bertz CT molecular complexity index is 267. The van der Waals surface area contributed by atoms with E-state index >= 15 is 0 Å². The lowest BCUT2D eigenvalue weighted by molar-refractivity contribution is -0.111. The molecule has 1 fully saturated rings. The highest BCUT2D eigenvalue weighted by atomic mass is 32.1. The van der Waals surface area contributed by atoms with Crippen LogP contribution in [0.25, 0.3) is 0 Å². The van der Waals surface area contributed by atoms with Gasteiger partial charge in [-0.05, 0) is 12.8 Å². The van der Waals surface area contributed by atoms with Gasteiger partial charge in [0.25, 0.3) is 0 Å². The molecule has 1 aromatic heterocycles. The van der Waals surface area contributed by atoms with Crippen molar-refractivity contribution in [2.45, 2.75) is 12.8 Å². The van der Waals surface area contributed by atoms with Gasteiger partial charge >= 0.3 is 0 Å². The standard InChI is InChI=1S/C8H11N3OS/c12-5-7-1-3-11(4-2-7)8-9-6-10-13-8/h5-7H,1-4H2. The zero-order valence-corrected chi connectivity index (χ0v) is 8.04. The molecule has 70 valence electrons. The quantitative estimate of drug-likeness (QED) is 0.662. The average molecular weight is 197 g/mol. The van der Waals surface area contributed by atoms with Crippen molar-refractivity contribution in [2.24, 2.45) is 5.92 Å². The lowest BCUT2D eigenvalue weighted by atomic mass is 9.99. The maximum absolute atomic E-state index is 10.5. The summed E-state index contributed by atoms with van der Waals surface area (Å²) in [7, 11) is 0. The number of aldehydes is 1. The molecule has 0 saturated carbocycles. The predicted octanol–water partition coefficient (Wildman–Crippen LogP) is 0.953. The lowest BCUT2D eigenvalue weighted by Crippen LogP contribution is -2.33. The largest absolute Gasteiger partial charge is 0.347 e. The Morgan fingerprint density at radius 3 is 2.85 bits per heavy atom. The van der Waals surface area contributed by atoms with Crippen molar-refractivity contribution in [3.05, 3.63) is 6.33 Å². The normalized spacial score (nSPS) is 18.9. The zero-order valence-electron chi connectivity index (χ0n) is 7.22. The molecule has 0 spiro atoms. The van der Waals surface area contributed by atoms with E-state index in [2.05, 4.69) is 14.3 Å². The van der Waals surface area contributed by atoms with Gasteiger partial charge < -0.3 is 9.69 Å². The molecule has 0 unspecified atom stereocenters. The number of carbonyl (C=O) groups excluding carboxylic acids is 1. The second kappa shape index (κ2) is 3.83. The Morgan fingerprint density at radius 1 is 1.54 bits per heavy atom. The molecule has 0 N–H and O–H groups in total. The Kier molecular flexibility index (Phi) is 2.54. The smallest absolute Gasteiger partial charge is 0.204 e. The summed E-state index contributed by atoms with van der Waals surface area (Å²) < 4.78 is 3.96. The third kappa shape index (κ3) is 1.85. The van der Waals surface area contributed by atoms with Crippen molar-refractivity contribution in [3.63, 3.8) is 0 Å². The SMILES string of the molecule is O=CC1CCN(c2ncns2)CC1. The van der Waals surface area contributed by atoms with E-state index in [-0.39, 0.29) is 5.92 Å². The van der Waals surface area contributed by atoms with Crippen molar-refractivity contribution in [1.82, 2.24) is 9.36 Å². The summed E-state index contributed by atoms with van der Waals surface area (Å²) in [6, 6.07) is 0. The highest BCUT2D eigenvalue weighted by molar-refractivity contribution is 7.09. The monoisotopic (exact) mass is 197 g/mol. The molecule has 0 aliphatic carbocycles. The van der Waals surface area contributed by atoms with E-state index in [1.807, 2.05) is 0 Å². The fraction of sp³-hybridized carbons (Fsp3) is 0.625. The van der Waals surface area contributed by atoms with Gasteiger partial charge in [0, 0.05) is 30.5 Å². The fourth-order valence-electron chi connectivity index (χ4n) is 1.53. The Hall–Kier alpha value is -0.970. The van der Waals surface area contributed by atoms with E-state index < -0.39 is 0 Å². The van der Waals surface area contributed by atoms with Gasteiger partial charge in [-0.1, -0.05) is 0 Å². The van der Waals surface area contributed by atoms with Crippen LogP contribution in [0.2, 0.25) is 0 Å². The summed E-state index contributed by atoms with van der Waals surface area (Å²) in [5.41, 5.74) is 0. The van der Waals surface area contributed by atoms with Gasteiger partial charge in [-0.3, -0.25) is 0 Å². The molecule has 5 heteroatoms. The first kappa shape index (κ1) is 8.62. The summed E-state index contributed by atoms with van der Waals surface area (Å²) in [6.45, 7) is 1.86. The van der Waals surface area contributed by atoms with Crippen molar-refractivity contribution in [3.8, 4) is 0 Å². The van der Waals surface area contributed by atoms with Crippen LogP contribution in [0.5, 0.6) is 0 Å². The van der Waals surface area contributed by atoms with Crippen LogP contribution in [0.15, 0.2) is 6.33 Å². The minimum absolute atomic E-state index is 0.254. The van der Waals surface area contributed by atoms with E-state index in [1.54, 1.807) is 6.33 Å². The number of nitrogens with zero attached hydrogens (tertiary/aromatic N) is 3. The van der Waals surface area contributed by atoms with Crippen molar-refractivity contribution >= 4 is 23.0 Å². The van der Waals surface area contributed by atoms with Crippen LogP contribution in [0.4, 0.5) is 5.13 Å². The Labute approximate surface area is 80.8 Å². The number of hydrogen-bond acceptors (Lipinski definition) is 5. The second-order valence-corrected chi connectivity index (χ2v) is 3.94.